The van der Waals surface area contributed by atoms with Crippen LogP contribution < -0.4 is 0 Å². The van der Waals surface area contributed by atoms with Crippen LogP contribution in [0.1, 0.15) is 90.4 Å². The van der Waals surface area contributed by atoms with Gasteiger partial charge in [-0.25, -0.2) is 0 Å². The first-order valence-electron chi connectivity index (χ1n) is 10.8. The molecule has 0 fully saturated rings. The van der Waals surface area contributed by atoms with Crippen LogP contribution in [-0.4, -0.2) is 65.5 Å². The van der Waals surface area contributed by atoms with Crippen molar-refractivity contribution in [2.24, 2.45) is 0 Å². The molecule has 1 amide bonds. The molecule has 0 aromatic rings. The summed E-state index contributed by atoms with van der Waals surface area (Å²) in [6, 6.07) is 0. The van der Waals surface area contributed by atoms with E-state index in [2.05, 4.69) is 6.92 Å². The number of nitrogens with zero attached hydrogens (tertiary/aromatic N) is 1. The number of carbonyl (C=O) groups excluding carboxylic acids is 1. The first-order chi connectivity index (χ1) is 13.4. The van der Waals surface area contributed by atoms with Gasteiger partial charge in [-0.05, 0) is 6.42 Å². The van der Waals surface area contributed by atoms with Crippen molar-refractivity contribution < 1.29 is 28.0 Å². The summed E-state index contributed by atoms with van der Waals surface area (Å²) >= 11 is 0. The molecule has 1 unspecified atom stereocenters. The summed E-state index contributed by atoms with van der Waals surface area (Å²) in [6.45, 7) is 1.42. The van der Waals surface area contributed by atoms with Crippen LogP contribution >= 0.6 is 0 Å². The monoisotopic (exact) mass is 423 g/mol. The second-order valence-electron chi connectivity index (χ2n) is 7.45. The average molecular weight is 424 g/mol. The number of aliphatic hydroxyl groups is 2. The van der Waals surface area contributed by atoms with E-state index in [1.807, 2.05) is 0 Å². The predicted molar refractivity (Wildman–Crippen MR) is 112 cm³/mol. The maximum Gasteiger partial charge on any atom is 0.276 e. The van der Waals surface area contributed by atoms with Crippen molar-refractivity contribution >= 4 is 16.0 Å². The molecule has 0 bridgehead atoms. The van der Waals surface area contributed by atoms with Crippen LogP contribution in [0.4, 0.5) is 0 Å². The van der Waals surface area contributed by atoms with Crippen LogP contribution in [0.3, 0.4) is 0 Å². The summed E-state index contributed by atoms with van der Waals surface area (Å²) in [4.78, 5) is 13.4. The van der Waals surface area contributed by atoms with E-state index >= 15 is 0 Å². The number of hydrogen-bond acceptors (Lipinski definition) is 5. The third-order valence-corrected chi connectivity index (χ3v) is 6.16. The van der Waals surface area contributed by atoms with Crippen LogP contribution in [0.25, 0.3) is 0 Å². The lowest BCUT2D eigenvalue weighted by Gasteiger charge is -2.24. The van der Waals surface area contributed by atoms with Gasteiger partial charge >= 0.3 is 0 Å². The number of amides is 1. The van der Waals surface area contributed by atoms with Crippen molar-refractivity contribution in [3.05, 3.63) is 0 Å². The Kier molecular flexibility index (Phi) is 16.8. The molecule has 0 aliphatic carbocycles. The van der Waals surface area contributed by atoms with Gasteiger partial charge in [0.25, 0.3) is 10.1 Å². The Balaban J connectivity index is 4.07. The topological polar surface area (TPSA) is 115 Å². The first-order valence-corrected chi connectivity index (χ1v) is 12.4. The molecule has 168 valence electrons. The van der Waals surface area contributed by atoms with E-state index in [9.17, 15) is 17.8 Å². The minimum atomic E-state index is -4.51. The predicted octanol–water partition coefficient (Wildman–Crippen LogP) is 3.15. The molecule has 0 aliphatic rings. The van der Waals surface area contributed by atoms with Crippen LogP contribution in [0.15, 0.2) is 0 Å². The molecule has 3 N–H and O–H groups in total. The summed E-state index contributed by atoms with van der Waals surface area (Å²) in [5.74, 6) is -0.756. The number of hydrogen-bond donors (Lipinski definition) is 3. The van der Waals surface area contributed by atoms with Crippen LogP contribution in [0.2, 0.25) is 0 Å². The molecule has 0 saturated carbocycles. The maximum atomic E-state index is 12.4. The smallest absolute Gasteiger partial charge is 0.276 e. The highest BCUT2D eigenvalue weighted by Crippen LogP contribution is 2.16. The summed E-state index contributed by atoms with van der Waals surface area (Å²) in [5.41, 5.74) is 0. The highest BCUT2D eigenvalue weighted by molar-refractivity contribution is 7.87. The van der Waals surface area contributed by atoms with Gasteiger partial charge in [0.2, 0.25) is 5.91 Å². The number of unbranched alkanes of at least 4 members (excludes halogenated alkanes) is 11. The van der Waals surface area contributed by atoms with Gasteiger partial charge in [-0.3, -0.25) is 9.35 Å². The van der Waals surface area contributed by atoms with Crippen LogP contribution in [0.5, 0.6) is 0 Å². The van der Waals surface area contributed by atoms with Gasteiger partial charge in [-0.15, -0.1) is 0 Å². The molecule has 1 atom stereocenters. The quantitative estimate of drug-likeness (QED) is 0.217. The second-order valence-corrected chi connectivity index (χ2v) is 9.05. The fourth-order valence-corrected chi connectivity index (χ4v) is 4.22. The first kappa shape index (κ1) is 27.3. The van der Waals surface area contributed by atoms with Gasteiger partial charge in [0, 0.05) is 13.1 Å². The summed E-state index contributed by atoms with van der Waals surface area (Å²) in [7, 11) is -4.51. The fourth-order valence-electron chi connectivity index (χ4n) is 3.35. The van der Waals surface area contributed by atoms with Crippen molar-refractivity contribution in [3.8, 4) is 0 Å². The molecule has 0 radical (unpaired) electrons. The van der Waals surface area contributed by atoms with Gasteiger partial charge in [-0.1, -0.05) is 84.0 Å². The van der Waals surface area contributed by atoms with Gasteiger partial charge in [-0.2, -0.15) is 8.42 Å². The molecule has 0 aliphatic heterocycles. The van der Waals surface area contributed by atoms with Crippen molar-refractivity contribution in [2.75, 3.05) is 26.3 Å². The van der Waals surface area contributed by atoms with E-state index < -0.39 is 21.3 Å². The zero-order valence-corrected chi connectivity index (χ0v) is 18.3. The molecule has 7 nitrogen and oxygen atoms in total. The zero-order valence-electron chi connectivity index (χ0n) is 17.5. The SMILES string of the molecule is CCCCCCCCCCCCCCC(C(=O)N(CCO)CCO)S(=O)(=O)O. The standard InChI is InChI=1S/C20H41NO6S/c1-2-3-4-5-6-7-8-9-10-11-12-13-14-19(28(25,26)27)20(24)21(15-17-22)16-18-23/h19,22-23H,2-18H2,1H3,(H,25,26,27). The molecule has 0 aromatic heterocycles. The van der Waals surface area contributed by atoms with E-state index in [-0.39, 0.29) is 32.7 Å². The minimum absolute atomic E-state index is 0.0580. The van der Waals surface area contributed by atoms with Gasteiger partial charge in [0.05, 0.1) is 13.2 Å². The lowest BCUT2D eigenvalue weighted by molar-refractivity contribution is -0.132. The van der Waals surface area contributed by atoms with E-state index in [0.29, 0.717) is 6.42 Å². The minimum Gasteiger partial charge on any atom is -0.395 e. The number of carbonyl (C=O) groups is 1. The number of rotatable bonds is 19. The second kappa shape index (κ2) is 17.2. The molecule has 0 heterocycles. The Hall–Kier alpha value is -0.700. The van der Waals surface area contributed by atoms with Gasteiger partial charge < -0.3 is 15.1 Å². The summed E-state index contributed by atoms with van der Waals surface area (Å²) in [6.07, 6.45) is 13.7. The Morgan fingerprint density at radius 2 is 1.18 bits per heavy atom. The van der Waals surface area contributed by atoms with Crippen LogP contribution in [-0.2, 0) is 14.9 Å². The molecular formula is C20H41NO6S. The molecule has 8 heteroatoms. The molecular weight excluding hydrogens is 382 g/mol. The third-order valence-electron chi connectivity index (χ3n) is 5.01. The molecule has 0 spiro atoms. The van der Waals surface area contributed by atoms with Gasteiger partial charge in [0.1, 0.15) is 0 Å². The van der Waals surface area contributed by atoms with E-state index in [4.69, 9.17) is 10.2 Å². The normalized spacial score (nSPS) is 12.9. The Labute approximate surface area is 171 Å². The Bertz CT molecular complexity index is 477. The Morgan fingerprint density at radius 3 is 1.54 bits per heavy atom. The fraction of sp³-hybridized carbons (Fsp3) is 0.950. The van der Waals surface area contributed by atoms with E-state index in [1.165, 1.54) is 51.4 Å². The highest BCUT2D eigenvalue weighted by Gasteiger charge is 2.33. The van der Waals surface area contributed by atoms with Crippen molar-refractivity contribution in [3.63, 3.8) is 0 Å². The van der Waals surface area contributed by atoms with Crippen molar-refractivity contribution in [1.82, 2.24) is 4.90 Å². The van der Waals surface area contributed by atoms with Gasteiger partial charge in [0.15, 0.2) is 5.25 Å². The largest absolute Gasteiger partial charge is 0.395 e. The zero-order chi connectivity index (χ0) is 21.3. The molecule has 28 heavy (non-hydrogen) atoms. The molecule has 0 aromatic carbocycles. The van der Waals surface area contributed by atoms with Crippen LogP contribution in [0, 0.1) is 0 Å². The maximum absolute atomic E-state index is 12.4. The highest BCUT2D eigenvalue weighted by atomic mass is 32.2. The summed E-state index contributed by atoms with van der Waals surface area (Å²) in [5, 5.41) is 16.5. The van der Waals surface area contributed by atoms with Crippen molar-refractivity contribution in [2.45, 2.75) is 95.6 Å². The Morgan fingerprint density at radius 1 is 0.786 bits per heavy atom. The third kappa shape index (κ3) is 13.5. The lowest BCUT2D eigenvalue weighted by atomic mass is 10.0. The van der Waals surface area contributed by atoms with Crippen molar-refractivity contribution in [1.29, 1.82) is 0 Å². The van der Waals surface area contributed by atoms with E-state index in [1.54, 1.807) is 0 Å². The molecule has 0 rings (SSSR count). The molecule has 0 saturated heterocycles. The average Bonchev–Trinajstić information content (AvgIpc) is 2.64. The number of aliphatic hydroxyl groups excluding tert-OH is 2. The lowest BCUT2D eigenvalue weighted by Crippen LogP contribution is -2.45. The summed E-state index contributed by atoms with van der Waals surface area (Å²) < 4.78 is 32.6. The van der Waals surface area contributed by atoms with E-state index in [0.717, 1.165) is 24.2 Å².